The summed E-state index contributed by atoms with van der Waals surface area (Å²) in [6.07, 6.45) is 0.840. The van der Waals surface area contributed by atoms with Gasteiger partial charge in [-0.05, 0) is 55.0 Å². The highest BCUT2D eigenvalue weighted by Crippen LogP contribution is 2.37. The van der Waals surface area contributed by atoms with Crippen LogP contribution in [-0.2, 0) is 11.3 Å². The van der Waals surface area contributed by atoms with E-state index >= 15 is 0 Å². The van der Waals surface area contributed by atoms with Crippen molar-refractivity contribution < 1.29 is 18.7 Å². The molecule has 1 aliphatic heterocycles. The zero-order valence-corrected chi connectivity index (χ0v) is 15.8. The van der Waals surface area contributed by atoms with E-state index in [0.29, 0.717) is 28.7 Å². The van der Waals surface area contributed by atoms with Crippen LogP contribution in [0, 0.1) is 0 Å². The van der Waals surface area contributed by atoms with Crippen LogP contribution in [0.2, 0.25) is 5.02 Å². The fourth-order valence-corrected chi connectivity index (χ4v) is 3.15. The Balaban J connectivity index is 1.64. The lowest BCUT2D eigenvalue weighted by Gasteiger charge is -2.33. The number of fused-ring (bicyclic) bond motifs is 1. The Morgan fingerprint density at radius 1 is 1.18 bits per heavy atom. The van der Waals surface area contributed by atoms with Gasteiger partial charge in [0.15, 0.2) is 11.9 Å². The second-order valence-corrected chi connectivity index (χ2v) is 6.86. The Kier molecular flexibility index (Phi) is 4.79. The summed E-state index contributed by atoms with van der Waals surface area (Å²) in [4.78, 5) is 26.6. The molecular formula is C21H17ClN2O4. The van der Waals surface area contributed by atoms with Crippen LogP contribution in [0.5, 0.6) is 5.75 Å². The van der Waals surface area contributed by atoms with Gasteiger partial charge in [0.2, 0.25) is 0 Å². The number of hydrogen-bond donors (Lipinski definition) is 1. The Morgan fingerprint density at radius 2 is 1.96 bits per heavy atom. The molecular weight excluding hydrogens is 380 g/mol. The van der Waals surface area contributed by atoms with Crippen LogP contribution in [0.1, 0.15) is 23.0 Å². The van der Waals surface area contributed by atoms with Crippen molar-refractivity contribution in [3.63, 3.8) is 0 Å². The van der Waals surface area contributed by atoms with Gasteiger partial charge < -0.3 is 19.4 Å². The molecule has 1 aromatic heterocycles. The van der Waals surface area contributed by atoms with Crippen molar-refractivity contribution in [2.45, 2.75) is 19.6 Å². The molecule has 0 radical (unpaired) electrons. The number of benzene rings is 2. The lowest BCUT2D eigenvalue weighted by molar-refractivity contribution is -0.125. The maximum absolute atomic E-state index is 12.8. The third kappa shape index (κ3) is 3.59. The number of ether oxygens (including phenoxy) is 1. The van der Waals surface area contributed by atoms with E-state index in [2.05, 4.69) is 5.32 Å². The first-order valence-corrected chi connectivity index (χ1v) is 9.10. The highest BCUT2D eigenvalue weighted by molar-refractivity contribution is 6.30. The van der Waals surface area contributed by atoms with Crippen LogP contribution >= 0.6 is 11.6 Å². The number of nitrogens with one attached hydrogen (secondary N) is 1. The molecule has 2 heterocycles. The van der Waals surface area contributed by atoms with Crippen molar-refractivity contribution in [3.05, 3.63) is 77.2 Å². The van der Waals surface area contributed by atoms with Crippen molar-refractivity contribution in [3.8, 4) is 5.75 Å². The minimum Gasteiger partial charge on any atom is -0.479 e. The van der Waals surface area contributed by atoms with Gasteiger partial charge in [-0.25, -0.2) is 0 Å². The van der Waals surface area contributed by atoms with Crippen molar-refractivity contribution in [2.24, 2.45) is 0 Å². The normalized spacial score (nSPS) is 15.7. The van der Waals surface area contributed by atoms with E-state index in [1.54, 1.807) is 54.3 Å². The fraction of sp³-hybridized carbons (Fsp3) is 0.143. The molecule has 1 N–H and O–H groups in total. The number of carbonyl (C=O) groups excluding carboxylic acids is 2. The zero-order chi connectivity index (χ0) is 19.7. The van der Waals surface area contributed by atoms with E-state index in [0.717, 1.165) is 5.56 Å². The van der Waals surface area contributed by atoms with Gasteiger partial charge in [0.25, 0.3) is 11.8 Å². The van der Waals surface area contributed by atoms with Crippen LogP contribution in [0.25, 0.3) is 0 Å². The van der Waals surface area contributed by atoms with Crippen LogP contribution in [0.15, 0.2) is 65.3 Å². The number of amides is 2. The molecule has 4 rings (SSSR count). The van der Waals surface area contributed by atoms with E-state index in [-0.39, 0.29) is 17.6 Å². The number of carbonyl (C=O) groups is 2. The van der Waals surface area contributed by atoms with Crippen molar-refractivity contribution in [2.75, 3.05) is 10.2 Å². The highest BCUT2D eigenvalue weighted by atomic mass is 35.5. The van der Waals surface area contributed by atoms with E-state index in [4.69, 9.17) is 20.8 Å². The van der Waals surface area contributed by atoms with Gasteiger partial charge in [0, 0.05) is 10.7 Å². The standard InChI is InChI=1S/C21H17ClN2O4/c1-13-21(26)24(12-14-4-6-15(22)7-5-14)17-11-16(8-9-18(17)28-13)23-20(25)19-3-2-10-27-19/h2-11,13H,12H2,1H3,(H,23,25). The molecule has 6 nitrogen and oxygen atoms in total. The molecule has 2 aromatic carbocycles. The topological polar surface area (TPSA) is 71.8 Å². The SMILES string of the molecule is CC1Oc2ccc(NC(=O)c3ccco3)cc2N(Cc2ccc(Cl)cc2)C1=O. The van der Waals surface area contributed by atoms with Crippen LogP contribution in [-0.4, -0.2) is 17.9 Å². The first kappa shape index (κ1) is 18.1. The van der Waals surface area contributed by atoms with Crippen LogP contribution < -0.4 is 15.0 Å². The third-order valence-corrected chi connectivity index (χ3v) is 4.68. The smallest absolute Gasteiger partial charge is 0.291 e. The lowest BCUT2D eigenvalue weighted by atomic mass is 10.1. The molecule has 142 valence electrons. The number of furan rings is 1. The monoisotopic (exact) mass is 396 g/mol. The summed E-state index contributed by atoms with van der Waals surface area (Å²) in [6, 6.07) is 15.7. The maximum Gasteiger partial charge on any atom is 0.291 e. The van der Waals surface area contributed by atoms with Gasteiger partial charge in [-0.15, -0.1) is 0 Å². The largest absolute Gasteiger partial charge is 0.479 e. The Labute approximate surface area is 166 Å². The lowest BCUT2D eigenvalue weighted by Crippen LogP contribution is -2.44. The molecule has 0 fully saturated rings. The van der Waals surface area contributed by atoms with Gasteiger partial charge in [0.05, 0.1) is 18.5 Å². The summed E-state index contributed by atoms with van der Waals surface area (Å²) in [6.45, 7) is 2.08. The number of nitrogens with zero attached hydrogens (tertiary/aromatic N) is 1. The number of halogens is 1. The number of rotatable bonds is 4. The molecule has 0 saturated heterocycles. The molecule has 1 unspecified atom stereocenters. The summed E-state index contributed by atoms with van der Waals surface area (Å²) in [5.74, 6) is 0.260. The van der Waals surface area contributed by atoms with E-state index in [1.165, 1.54) is 6.26 Å². The maximum atomic E-state index is 12.8. The molecule has 2 amide bonds. The van der Waals surface area contributed by atoms with Crippen LogP contribution in [0.4, 0.5) is 11.4 Å². The second-order valence-electron chi connectivity index (χ2n) is 6.42. The van der Waals surface area contributed by atoms with E-state index < -0.39 is 6.10 Å². The Morgan fingerprint density at radius 3 is 2.68 bits per heavy atom. The Hall–Kier alpha value is -3.25. The predicted octanol–water partition coefficient (Wildman–Crippen LogP) is 4.50. The summed E-state index contributed by atoms with van der Waals surface area (Å²) < 4.78 is 10.8. The van der Waals surface area contributed by atoms with Crippen molar-refractivity contribution in [1.29, 1.82) is 0 Å². The fourth-order valence-electron chi connectivity index (χ4n) is 3.02. The minimum absolute atomic E-state index is 0.156. The molecule has 0 saturated carbocycles. The summed E-state index contributed by atoms with van der Waals surface area (Å²) >= 11 is 5.95. The molecule has 3 aromatic rings. The molecule has 1 atom stereocenters. The average molecular weight is 397 g/mol. The molecule has 0 bridgehead atoms. The first-order valence-electron chi connectivity index (χ1n) is 8.72. The second kappa shape index (κ2) is 7.40. The molecule has 7 heteroatoms. The molecule has 0 aliphatic carbocycles. The van der Waals surface area contributed by atoms with Crippen LogP contribution in [0.3, 0.4) is 0 Å². The molecule has 0 spiro atoms. The van der Waals surface area contributed by atoms with E-state index in [1.807, 2.05) is 12.1 Å². The van der Waals surface area contributed by atoms with Gasteiger partial charge in [-0.1, -0.05) is 23.7 Å². The minimum atomic E-state index is -0.594. The van der Waals surface area contributed by atoms with Crippen molar-refractivity contribution in [1.82, 2.24) is 0 Å². The summed E-state index contributed by atoms with van der Waals surface area (Å²) in [5.41, 5.74) is 2.06. The van der Waals surface area contributed by atoms with Gasteiger partial charge in [-0.3, -0.25) is 9.59 Å². The van der Waals surface area contributed by atoms with Gasteiger partial charge in [-0.2, -0.15) is 0 Å². The molecule has 1 aliphatic rings. The highest BCUT2D eigenvalue weighted by Gasteiger charge is 2.32. The predicted molar refractivity (Wildman–Crippen MR) is 106 cm³/mol. The summed E-state index contributed by atoms with van der Waals surface area (Å²) in [5, 5.41) is 3.40. The van der Waals surface area contributed by atoms with Gasteiger partial charge in [0.1, 0.15) is 5.75 Å². The zero-order valence-electron chi connectivity index (χ0n) is 15.0. The molecule has 28 heavy (non-hydrogen) atoms. The Bertz CT molecular complexity index is 1020. The third-order valence-electron chi connectivity index (χ3n) is 4.42. The van der Waals surface area contributed by atoms with E-state index in [9.17, 15) is 9.59 Å². The van der Waals surface area contributed by atoms with Gasteiger partial charge >= 0.3 is 0 Å². The van der Waals surface area contributed by atoms with Crippen molar-refractivity contribution >= 4 is 34.8 Å². The number of hydrogen-bond acceptors (Lipinski definition) is 4. The quantitative estimate of drug-likeness (QED) is 0.704. The average Bonchev–Trinajstić information content (AvgIpc) is 3.22. The first-order chi connectivity index (χ1) is 13.5. The summed E-state index contributed by atoms with van der Waals surface area (Å²) in [7, 11) is 0. The number of anilines is 2.